The van der Waals surface area contributed by atoms with Gasteiger partial charge in [0, 0.05) is 16.2 Å². The number of aliphatic hydroxyl groups is 1. The van der Waals surface area contributed by atoms with Crippen LogP contribution in [0, 0.1) is 0 Å². The van der Waals surface area contributed by atoms with E-state index in [9.17, 15) is 5.11 Å². The highest BCUT2D eigenvalue weighted by molar-refractivity contribution is 9.10. The van der Waals surface area contributed by atoms with Crippen molar-refractivity contribution in [1.29, 1.82) is 0 Å². The Morgan fingerprint density at radius 1 is 0.771 bits per heavy atom. The Morgan fingerprint density at radius 3 is 2.14 bits per heavy atom. The van der Waals surface area contributed by atoms with Crippen LogP contribution in [0.2, 0.25) is 0 Å². The number of nitrogens with zero attached hydrogens (tertiary/aromatic N) is 1. The van der Waals surface area contributed by atoms with Crippen LogP contribution in [-0.2, 0) is 18.4 Å². The lowest BCUT2D eigenvalue weighted by Crippen LogP contribution is -2.31. The zero-order valence-electron chi connectivity index (χ0n) is 20.7. The highest BCUT2D eigenvalue weighted by Crippen LogP contribution is 2.42. The number of pyridine rings is 1. The van der Waals surface area contributed by atoms with Crippen LogP contribution in [0.25, 0.3) is 11.1 Å². The maximum absolute atomic E-state index is 12.6. The van der Waals surface area contributed by atoms with Crippen molar-refractivity contribution in [2.45, 2.75) is 58.0 Å². The first-order valence-electron chi connectivity index (χ1n) is 12.7. The minimum atomic E-state index is -1.40. The molecule has 1 N–H and O–H groups in total. The van der Waals surface area contributed by atoms with Crippen LogP contribution in [0.1, 0.15) is 67.5 Å². The summed E-state index contributed by atoms with van der Waals surface area (Å²) in [5, 5.41) is 12.6. The van der Waals surface area contributed by atoms with E-state index in [2.05, 4.69) is 77.2 Å². The van der Waals surface area contributed by atoms with E-state index in [0.29, 0.717) is 5.69 Å². The van der Waals surface area contributed by atoms with E-state index in [0.717, 1.165) is 52.4 Å². The van der Waals surface area contributed by atoms with Gasteiger partial charge in [0.05, 0.1) is 5.69 Å². The molecule has 1 heterocycles. The van der Waals surface area contributed by atoms with E-state index in [-0.39, 0.29) is 0 Å². The fourth-order valence-corrected chi connectivity index (χ4v) is 5.04. The summed E-state index contributed by atoms with van der Waals surface area (Å²) < 4.78 is 0.924. The van der Waals surface area contributed by atoms with Gasteiger partial charge < -0.3 is 5.11 Å². The predicted octanol–water partition coefficient (Wildman–Crippen LogP) is 8.48. The molecule has 35 heavy (non-hydrogen) atoms. The molecule has 0 spiro atoms. The maximum atomic E-state index is 12.6. The molecule has 4 rings (SSSR count). The maximum Gasteiger partial charge on any atom is 0.157 e. The normalized spacial score (nSPS) is 12.9. The minimum Gasteiger partial charge on any atom is -0.374 e. The molecular formula is C32H34BrNO. The SMILES string of the molecule is CCCCc1ccc(-c2ccc(CCCC)cc2C(O)(c2cccc(Br)c2)c2ccccn2)cc1. The molecule has 0 amide bonds. The molecule has 1 atom stereocenters. The van der Waals surface area contributed by atoms with E-state index in [1.165, 1.54) is 24.0 Å². The molecule has 0 fully saturated rings. The number of rotatable bonds is 10. The van der Waals surface area contributed by atoms with Crippen LogP contribution in [0.15, 0.2) is 95.6 Å². The summed E-state index contributed by atoms with van der Waals surface area (Å²) in [4.78, 5) is 4.64. The van der Waals surface area contributed by atoms with Crippen molar-refractivity contribution in [3.05, 3.63) is 124 Å². The van der Waals surface area contributed by atoms with Crippen molar-refractivity contribution in [2.75, 3.05) is 0 Å². The van der Waals surface area contributed by atoms with E-state index in [1.54, 1.807) is 6.20 Å². The second-order valence-electron chi connectivity index (χ2n) is 9.22. The topological polar surface area (TPSA) is 33.1 Å². The number of hydrogen-bond acceptors (Lipinski definition) is 2. The van der Waals surface area contributed by atoms with Gasteiger partial charge in [-0.3, -0.25) is 4.98 Å². The van der Waals surface area contributed by atoms with Crippen molar-refractivity contribution in [1.82, 2.24) is 4.98 Å². The Kier molecular flexibility index (Phi) is 8.54. The van der Waals surface area contributed by atoms with Gasteiger partial charge in [0.25, 0.3) is 0 Å². The number of halogens is 1. The fourth-order valence-electron chi connectivity index (χ4n) is 4.64. The third-order valence-electron chi connectivity index (χ3n) is 6.65. The average molecular weight is 529 g/mol. The molecule has 0 saturated heterocycles. The first-order chi connectivity index (χ1) is 17.1. The highest BCUT2D eigenvalue weighted by atomic mass is 79.9. The molecule has 0 saturated carbocycles. The van der Waals surface area contributed by atoms with Gasteiger partial charge in [0.15, 0.2) is 5.60 Å². The lowest BCUT2D eigenvalue weighted by Gasteiger charge is -2.32. The Hall–Kier alpha value is -2.75. The van der Waals surface area contributed by atoms with Gasteiger partial charge in [-0.1, -0.05) is 103 Å². The molecule has 3 heteroatoms. The quantitative estimate of drug-likeness (QED) is 0.224. The lowest BCUT2D eigenvalue weighted by molar-refractivity contribution is 0.121. The van der Waals surface area contributed by atoms with Crippen LogP contribution >= 0.6 is 15.9 Å². The van der Waals surface area contributed by atoms with Crippen LogP contribution in [0.4, 0.5) is 0 Å². The van der Waals surface area contributed by atoms with Crippen LogP contribution in [0.3, 0.4) is 0 Å². The predicted molar refractivity (Wildman–Crippen MR) is 150 cm³/mol. The number of benzene rings is 3. The summed E-state index contributed by atoms with van der Waals surface area (Å²) in [6.45, 7) is 4.43. The van der Waals surface area contributed by atoms with Crippen LogP contribution in [-0.4, -0.2) is 10.1 Å². The van der Waals surface area contributed by atoms with Gasteiger partial charge in [0.1, 0.15) is 0 Å². The fraction of sp³-hybridized carbons (Fsp3) is 0.281. The largest absolute Gasteiger partial charge is 0.374 e. The first kappa shape index (κ1) is 25.3. The van der Waals surface area contributed by atoms with Crippen molar-refractivity contribution < 1.29 is 5.11 Å². The Labute approximate surface area is 218 Å². The molecule has 0 bridgehead atoms. The van der Waals surface area contributed by atoms with Gasteiger partial charge in [0.2, 0.25) is 0 Å². The van der Waals surface area contributed by atoms with Gasteiger partial charge in [-0.2, -0.15) is 0 Å². The monoisotopic (exact) mass is 527 g/mol. The summed E-state index contributed by atoms with van der Waals surface area (Å²) >= 11 is 3.61. The number of hydrogen-bond donors (Lipinski definition) is 1. The molecule has 4 aromatic rings. The van der Waals surface area contributed by atoms with E-state index in [4.69, 9.17) is 0 Å². The summed E-state index contributed by atoms with van der Waals surface area (Å²) in [6.07, 6.45) is 8.46. The smallest absolute Gasteiger partial charge is 0.157 e. The van der Waals surface area contributed by atoms with Crippen LogP contribution in [0.5, 0.6) is 0 Å². The molecule has 1 unspecified atom stereocenters. The second kappa shape index (κ2) is 11.8. The Balaban J connectivity index is 1.93. The lowest BCUT2D eigenvalue weighted by atomic mass is 9.78. The number of aromatic nitrogens is 1. The molecule has 1 aromatic heterocycles. The second-order valence-corrected chi connectivity index (χ2v) is 10.1. The molecule has 2 nitrogen and oxygen atoms in total. The summed E-state index contributed by atoms with van der Waals surface area (Å²) in [5.74, 6) is 0. The van der Waals surface area contributed by atoms with Crippen molar-refractivity contribution >= 4 is 15.9 Å². The third-order valence-corrected chi connectivity index (χ3v) is 7.15. The Bertz CT molecular complexity index is 1240. The number of unbranched alkanes of at least 4 members (excludes halogenated alkanes) is 2. The van der Waals surface area contributed by atoms with Crippen molar-refractivity contribution in [2.24, 2.45) is 0 Å². The van der Waals surface area contributed by atoms with E-state index >= 15 is 0 Å². The molecule has 0 aliphatic carbocycles. The van der Waals surface area contributed by atoms with E-state index < -0.39 is 5.60 Å². The molecule has 0 radical (unpaired) electrons. The minimum absolute atomic E-state index is 0.617. The summed E-state index contributed by atoms with van der Waals surface area (Å²) in [6, 6.07) is 29.1. The zero-order chi connectivity index (χ0) is 24.7. The van der Waals surface area contributed by atoms with Gasteiger partial charge in [-0.15, -0.1) is 0 Å². The molecular weight excluding hydrogens is 494 g/mol. The molecule has 180 valence electrons. The van der Waals surface area contributed by atoms with Crippen molar-refractivity contribution in [3.8, 4) is 11.1 Å². The number of aryl methyl sites for hydroxylation is 2. The standard InChI is InChI=1S/C32H34BrNO/c1-3-5-10-24-15-18-26(19-16-24)29-20-17-25(11-6-4-2)22-30(29)32(35,31-14-7-8-21-34-31)27-12-9-13-28(33)23-27/h7-9,12-23,35H,3-6,10-11H2,1-2H3. The molecule has 0 aliphatic heterocycles. The van der Waals surface area contributed by atoms with E-state index in [1.807, 2.05) is 42.5 Å². The highest BCUT2D eigenvalue weighted by Gasteiger charge is 2.37. The average Bonchev–Trinajstić information content (AvgIpc) is 2.91. The first-order valence-corrected chi connectivity index (χ1v) is 13.5. The van der Waals surface area contributed by atoms with Crippen LogP contribution < -0.4 is 0 Å². The van der Waals surface area contributed by atoms with Gasteiger partial charge in [-0.05, 0) is 77.8 Å². The van der Waals surface area contributed by atoms with Gasteiger partial charge >= 0.3 is 0 Å². The van der Waals surface area contributed by atoms with Crippen molar-refractivity contribution in [3.63, 3.8) is 0 Å². The Morgan fingerprint density at radius 2 is 1.49 bits per heavy atom. The summed E-state index contributed by atoms with van der Waals surface area (Å²) in [7, 11) is 0. The third kappa shape index (κ3) is 5.74. The summed E-state index contributed by atoms with van der Waals surface area (Å²) in [5.41, 5.74) is 5.59. The van der Waals surface area contributed by atoms with Gasteiger partial charge in [-0.25, -0.2) is 0 Å². The zero-order valence-corrected chi connectivity index (χ0v) is 22.3. The molecule has 3 aromatic carbocycles. The molecule has 0 aliphatic rings.